The first-order valence-electron chi connectivity index (χ1n) is 12.1. The van der Waals surface area contributed by atoms with E-state index in [0.717, 1.165) is 28.6 Å². The zero-order chi connectivity index (χ0) is 24.5. The maximum absolute atomic E-state index is 13.8. The van der Waals surface area contributed by atoms with Crippen LogP contribution in [0, 0.1) is 5.92 Å². The van der Waals surface area contributed by atoms with Gasteiger partial charge in [-0.1, -0.05) is 44.2 Å². The van der Waals surface area contributed by atoms with Crippen molar-refractivity contribution >= 4 is 22.7 Å². The molecule has 1 aliphatic heterocycles. The van der Waals surface area contributed by atoms with E-state index in [9.17, 15) is 9.59 Å². The van der Waals surface area contributed by atoms with E-state index < -0.39 is 5.54 Å². The predicted molar refractivity (Wildman–Crippen MR) is 135 cm³/mol. The fourth-order valence-corrected chi connectivity index (χ4v) is 4.55. The van der Waals surface area contributed by atoms with Gasteiger partial charge in [-0.3, -0.25) is 9.59 Å². The summed E-state index contributed by atoms with van der Waals surface area (Å²) in [5.74, 6) is 1.03. The number of carbonyl (C=O) groups is 2. The monoisotopic (exact) mass is 461 g/mol. The largest absolute Gasteiger partial charge is 0.491 e. The smallest absolute Gasteiger partial charge is 0.271 e. The molecule has 0 radical (unpaired) electrons. The molecule has 1 unspecified atom stereocenters. The third kappa shape index (κ3) is 4.67. The molecule has 1 aliphatic rings. The second-order valence-corrected chi connectivity index (χ2v) is 10.1. The summed E-state index contributed by atoms with van der Waals surface area (Å²) in [4.78, 5) is 29.1. The Labute approximate surface area is 201 Å². The lowest BCUT2D eigenvalue weighted by Gasteiger charge is -2.44. The zero-order valence-corrected chi connectivity index (χ0v) is 20.8. The molecule has 1 N–H and O–H groups in total. The molecule has 0 aliphatic carbocycles. The number of hydrogen-bond acceptors (Lipinski definition) is 3. The van der Waals surface area contributed by atoms with E-state index >= 15 is 0 Å². The number of hydrogen-bond donors (Lipinski definition) is 1. The lowest BCUT2D eigenvalue weighted by Crippen LogP contribution is -2.63. The quantitative estimate of drug-likeness (QED) is 0.513. The lowest BCUT2D eigenvalue weighted by atomic mass is 9.93. The number of fused-ring (bicyclic) bond motifs is 3. The molecule has 1 atom stereocenters. The van der Waals surface area contributed by atoms with E-state index in [4.69, 9.17) is 4.74 Å². The molecule has 180 valence electrons. The number of nitrogens with one attached hydrogen (secondary N) is 1. The van der Waals surface area contributed by atoms with Crippen molar-refractivity contribution in [3.05, 3.63) is 65.9 Å². The molecule has 1 aromatic heterocycles. The van der Waals surface area contributed by atoms with Gasteiger partial charge in [-0.2, -0.15) is 0 Å². The van der Waals surface area contributed by atoms with E-state index in [1.165, 1.54) is 0 Å². The molecule has 0 saturated carbocycles. The number of ether oxygens (including phenoxy) is 1. The molecule has 3 aromatic rings. The van der Waals surface area contributed by atoms with Crippen LogP contribution in [-0.2, 0) is 17.9 Å². The second kappa shape index (κ2) is 9.53. The minimum Gasteiger partial charge on any atom is -0.491 e. The molecule has 0 fully saturated rings. The van der Waals surface area contributed by atoms with Crippen LogP contribution in [0.3, 0.4) is 0 Å². The summed E-state index contributed by atoms with van der Waals surface area (Å²) in [6.07, 6.45) is 0.986. The van der Waals surface area contributed by atoms with Crippen molar-refractivity contribution in [2.24, 2.45) is 5.92 Å². The summed E-state index contributed by atoms with van der Waals surface area (Å²) in [7, 11) is 0. The Morgan fingerprint density at radius 1 is 1.09 bits per heavy atom. The minimum absolute atomic E-state index is 0.0919. The number of para-hydroxylation sites is 1. The highest BCUT2D eigenvalue weighted by Gasteiger charge is 2.47. The van der Waals surface area contributed by atoms with Crippen LogP contribution in [0.15, 0.2) is 54.6 Å². The van der Waals surface area contributed by atoms with Crippen LogP contribution in [0.1, 0.15) is 57.1 Å². The van der Waals surface area contributed by atoms with E-state index in [-0.39, 0.29) is 17.9 Å². The Hall–Kier alpha value is -3.28. The van der Waals surface area contributed by atoms with Crippen LogP contribution in [-0.4, -0.2) is 39.5 Å². The molecule has 0 saturated heterocycles. The highest BCUT2D eigenvalue weighted by atomic mass is 16.5. The summed E-state index contributed by atoms with van der Waals surface area (Å²) >= 11 is 0. The summed E-state index contributed by atoms with van der Waals surface area (Å²) in [6.45, 7) is 11.5. The SMILES string of the molecule is CC(C)CCNC(=O)C1(C)Cn2c(cc3ccccc32)C(=O)N1Cc1ccc(OC(C)C)cc1. The summed E-state index contributed by atoms with van der Waals surface area (Å²) in [5, 5.41) is 4.10. The Balaban J connectivity index is 1.68. The first-order valence-corrected chi connectivity index (χ1v) is 12.1. The van der Waals surface area contributed by atoms with E-state index in [0.29, 0.717) is 31.2 Å². The molecule has 6 heteroatoms. The lowest BCUT2D eigenvalue weighted by molar-refractivity contribution is -0.133. The van der Waals surface area contributed by atoms with Gasteiger partial charge >= 0.3 is 0 Å². The number of amides is 2. The van der Waals surface area contributed by atoms with Crippen molar-refractivity contribution in [2.75, 3.05) is 6.54 Å². The number of nitrogens with zero attached hydrogens (tertiary/aromatic N) is 2. The predicted octanol–water partition coefficient (Wildman–Crippen LogP) is 5.01. The van der Waals surface area contributed by atoms with Crippen LogP contribution in [0.5, 0.6) is 5.75 Å². The van der Waals surface area contributed by atoms with E-state index in [1.807, 2.05) is 79.9 Å². The minimum atomic E-state index is -1.02. The van der Waals surface area contributed by atoms with Gasteiger partial charge < -0.3 is 19.5 Å². The number of carbonyl (C=O) groups excluding carboxylic acids is 2. The van der Waals surface area contributed by atoms with Crippen molar-refractivity contribution in [1.82, 2.24) is 14.8 Å². The zero-order valence-electron chi connectivity index (χ0n) is 20.8. The van der Waals surface area contributed by atoms with Gasteiger partial charge in [0.2, 0.25) is 5.91 Å². The van der Waals surface area contributed by atoms with Crippen LogP contribution in [0.4, 0.5) is 0 Å². The second-order valence-electron chi connectivity index (χ2n) is 10.1. The molecule has 4 rings (SSSR count). The molecule has 2 aromatic carbocycles. The van der Waals surface area contributed by atoms with E-state index in [1.54, 1.807) is 4.90 Å². The molecular weight excluding hydrogens is 426 g/mol. The van der Waals surface area contributed by atoms with Gasteiger partial charge in [0, 0.05) is 24.0 Å². The van der Waals surface area contributed by atoms with Gasteiger partial charge in [-0.25, -0.2) is 0 Å². The normalized spacial score (nSPS) is 18.0. The van der Waals surface area contributed by atoms with Gasteiger partial charge in [-0.15, -0.1) is 0 Å². The van der Waals surface area contributed by atoms with Crippen LogP contribution >= 0.6 is 0 Å². The Morgan fingerprint density at radius 3 is 2.47 bits per heavy atom. The molecule has 0 bridgehead atoms. The Bertz CT molecular complexity index is 1180. The van der Waals surface area contributed by atoms with Crippen LogP contribution in [0.2, 0.25) is 0 Å². The first-order chi connectivity index (χ1) is 16.2. The third-order valence-corrected chi connectivity index (χ3v) is 6.47. The maximum Gasteiger partial charge on any atom is 0.271 e. The Morgan fingerprint density at radius 2 is 1.79 bits per heavy atom. The molecule has 0 spiro atoms. The molecule has 6 nitrogen and oxygen atoms in total. The standard InChI is InChI=1S/C28H35N3O3/c1-19(2)14-15-29-27(33)28(5)18-30-24-9-7-6-8-22(24)16-25(30)26(32)31(28)17-21-10-12-23(13-11-21)34-20(3)4/h6-13,16,19-20H,14-15,17-18H2,1-5H3,(H,29,33). The third-order valence-electron chi connectivity index (χ3n) is 6.47. The average Bonchev–Trinajstić information content (AvgIpc) is 3.15. The fourth-order valence-electron chi connectivity index (χ4n) is 4.55. The van der Waals surface area contributed by atoms with Gasteiger partial charge in [0.05, 0.1) is 12.6 Å². The fraction of sp³-hybridized carbons (Fsp3) is 0.429. The molecule has 34 heavy (non-hydrogen) atoms. The van der Waals surface area contributed by atoms with Gasteiger partial charge in [0.1, 0.15) is 17.0 Å². The number of benzene rings is 2. The van der Waals surface area contributed by atoms with Crippen molar-refractivity contribution in [2.45, 2.75) is 65.8 Å². The number of rotatable bonds is 8. The van der Waals surface area contributed by atoms with Gasteiger partial charge in [0.15, 0.2) is 0 Å². The van der Waals surface area contributed by atoms with Crippen molar-refractivity contribution in [3.8, 4) is 5.75 Å². The van der Waals surface area contributed by atoms with E-state index in [2.05, 4.69) is 19.2 Å². The Kier molecular flexibility index (Phi) is 6.69. The number of aromatic nitrogens is 1. The summed E-state index contributed by atoms with van der Waals surface area (Å²) < 4.78 is 7.75. The van der Waals surface area contributed by atoms with Gasteiger partial charge in [0.25, 0.3) is 5.91 Å². The van der Waals surface area contributed by atoms with Crippen LogP contribution in [0.25, 0.3) is 10.9 Å². The summed E-state index contributed by atoms with van der Waals surface area (Å²) in [6, 6.07) is 17.6. The summed E-state index contributed by atoms with van der Waals surface area (Å²) in [5.41, 5.74) is 1.53. The molecule has 2 amide bonds. The van der Waals surface area contributed by atoms with Crippen molar-refractivity contribution in [3.63, 3.8) is 0 Å². The van der Waals surface area contributed by atoms with Crippen molar-refractivity contribution in [1.29, 1.82) is 0 Å². The highest BCUT2D eigenvalue weighted by Crippen LogP contribution is 2.33. The maximum atomic E-state index is 13.8. The first kappa shape index (κ1) is 23.9. The molecule has 2 heterocycles. The van der Waals surface area contributed by atoms with Crippen molar-refractivity contribution < 1.29 is 14.3 Å². The average molecular weight is 462 g/mol. The van der Waals surface area contributed by atoms with Crippen LogP contribution < -0.4 is 10.1 Å². The highest BCUT2D eigenvalue weighted by molar-refractivity contribution is 6.03. The molecular formula is C28H35N3O3. The van der Waals surface area contributed by atoms with Gasteiger partial charge in [-0.05, 0) is 62.9 Å². The topological polar surface area (TPSA) is 63.6 Å².